The molecule has 1 aliphatic carbocycles. The second-order valence-electron chi connectivity index (χ2n) is 3.49. The molecule has 0 saturated heterocycles. The molecule has 1 aliphatic rings. The largest absolute Gasteiger partial charge is 0.328 e. The Kier molecular flexibility index (Phi) is 1.78. The highest BCUT2D eigenvalue weighted by Gasteiger charge is 2.24. The van der Waals surface area contributed by atoms with Gasteiger partial charge in [0.1, 0.15) is 0 Å². The van der Waals surface area contributed by atoms with E-state index < -0.39 is 0 Å². The van der Waals surface area contributed by atoms with Crippen molar-refractivity contribution in [2.75, 3.05) is 0 Å². The van der Waals surface area contributed by atoms with Gasteiger partial charge in [0.15, 0.2) is 0 Å². The molecule has 0 aromatic carbocycles. The Bertz CT molecular complexity index is 89.1. The van der Waals surface area contributed by atoms with Crippen LogP contribution in [0.25, 0.3) is 0 Å². The molecule has 0 radical (unpaired) electrons. The van der Waals surface area contributed by atoms with Gasteiger partial charge in [-0.05, 0) is 32.6 Å². The lowest BCUT2D eigenvalue weighted by molar-refractivity contribution is 0.296. The zero-order valence-corrected chi connectivity index (χ0v) is 6.06. The first kappa shape index (κ1) is 7.03. The lowest BCUT2D eigenvalue weighted by atomic mass is 9.82. The van der Waals surface area contributed by atoms with Crippen LogP contribution in [0.4, 0.5) is 0 Å². The SMILES string of the molecule is CC1(N)CCC(N)CC1. The van der Waals surface area contributed by atoms with E-state index in [0.717, 1.165) is 25.7 Å². The zero-order valence-electron chi connectivity index (χ0n) is 6.06. The lowest BCUT2D eigenvalue weighted by Crippen LogP contribution is -2.43. The molecule has 1 fully saturated rings. The van der Waals surface area contributed by atoms with Crippen molar-refractivity contribution in [3.8, 4) is 0 Å². The van der Waals surface area contributed by atoms with E-state index in [4.69, 9.17) is 11.5 Å². The van der Waals surface area contributed by atoms with E-state index in [2.05, 4.69) is 6.92 Å². The van der Waals surface area contributed by atoms with Gasteiger partial charge in [0.2, 0.25) is 0 Å². The Labute approximate surface area is 56.6 Å². The predicted octanol–water partition coefficient (Wildman–Crippen LogP) is 0.605. The minimum atomic E-state index is 0.0792. The van der Waals surface area contributed by atoms with Crippen LogP contribution in [0.3, 0.4) is 0 Å². The zero-order chi connectivity index (χ0) is 6.91. The molecule has 0 spiro atoms. The van der Waals surface area contributed by atoms with E-state index in [1.165, 1.54) is 0 Å². The van der Waals surface area contributed by atoms with Crippen molar-refractivity contribution in [3.63, 3.8) is 0 Å². The molecule has 1 saturated carbocycles. The van der Waals surface area contributed by atoms with Crippen LogP contribution in [-0.4, -0.2) is 11.6 Å². The fourth-order valence-electron chi connectivity index (χ4n) is 1.30. The van der Waals surface area contributed by atoms with Crippen LogP contribution < -0.4 is 11.5 Å². The van der Waals surface area contributed by atoms with Gasteiger partial charge in [-0.15, -0.1) is 0 Å². The molecule has 0 unspecified atom stereocenters. The van der Waals surface area contributed by atoms with Crippen LogP contribution in [0.1, 0.15) is 32.6 Å². The van der Waals surface area contributed by atoms with Gasteiger partial charge in [-0.25, -0.2) is 0 Å². The van der Waals surface area contributed by atoms with Crippen LogP contribution >= 0.6 is 0 Å². The Balaban J connectivity index is 2.35. The maximum atomic E-state index is 5.88. The van der Waals surface area contributed by atoms with Gasteiger partial charge in [0.05, 0.1) is 0 Å². The topological polar surface area (TPSA) is 52.0 Å². The summed E-state index contributed by atoms with van der Waals surface area (Å²) in [4.78, 5) is 0. The molecule has 9 heavy (non-hydrogen) atoms. The molecule has 0 bridgehead atoms. The predicted molar refractivity (Wildman–Crippen MR) is 39.0 cm³/mol. The first-order valence-electron chi connectivity index (χ1n) is 3.65. The summed E-state index contributed by atoms with van der Waals surface area (Å²) in [5.74, 6) is 0. The first-order chi connectivity index (χ1) is 4.10. The molecule has 0 amide bonds. The third kappa shape index (κ3) is 1.95. The normalized spacial score (nSPS) is 45.0. The van der Waals surface area contributed by atoms with Crippen molar-refractivity contribution >= 4 is 0 Å². The Morgan fingerprint density at radius 2 is 1.78 bits per heavy atom. The number of hydrogen-bond acceptors (Lipinski definition) is 2. The minimum absolute atomic E-state index is 0.0792. The minimum Gasteiger partial charge on any atom is -0.328 e. The fraction of sp³-hybridized carbons (Fsp3) is 1.00. The fourth-order valence-corrected chi connectivity index (χ4v) is 1.30. The van der Waals surface area contributed by atoms with Gasteiger partial charge in [-0.1, -0.05) is 0 Å². The molecular weight excluding hydrogens is 112 g/mol. The Morgan fingerprint density at radius 1 is 1.33 bits per heavy atom. The quantitative estimate of drug-likeness (QED) is 0.502. The average molecular weight is 128 g/mol. The molecule has 0 atom stereocenters. The highest BCUT2D eigenvalue weighted by atomic mass is 14.8. The molecule has 0 aliphatic heterocycles. The molecule has 54 valence electrons. The summed E-state index contributed by atoms with van der Waals surface area (Å²) < 4.78 is 0. The van der Waals surface area contributed by atoms with E-state index in [1.807, 2.05) is 0 Å². The summed E-state index contributed by atoms with van der Waals surface area (Å²) >= 11 is 0. The summed E-state index contributed by atoms with van der Waals surface area (Å²) in [6, 6.07) is 0.418. The van der Waals surface area contributed by atoms with Crippen LogP contribution in [0.15, 0.2) is 0 Å². The van der Waals surface area contributed by atoms with Crippen LogP contribution in [0, 0.1) is 0 Å². The van der Waals surface area contributed by atoms with E-state index in [0.29, 0.717) is 6.04 Å². The van der Waals surface area contributed by atoms with Crippen molar-refractivity contribution in [1.82, 2.24) is 0 Å². The third-order valence-electron chi connectivity index (χ3n) is 2.17. The van der Waals surface area contributed by atoms with Crippen molar-refractivity contribution < 1.29 is 0 Å². The monoisotopic (exact) mass is 128 g/mol. The molecule has 2 nitrogen and oxygen atoms in total. The van der Waals surface area contributed by atoms with Crippen molar-refractivity contribution in [2.45, 2.75) is 44.2 Å². The van der Waals surface area contributed by atoms with Gasteiger partial charge in [-0.2, -0.15) is 0 Å². The number of hydrogen-bond donors (Lipinski definition) is 2. The maximum Gasteiger partial charge on any atom is 0.0127 e. The number of rotatable bonds is 0. The van der Waals surface area contributed by atoms with Crippen LogP contribution in [0.2, 0.25) is 0 Å². The van der Waals surface area contributed by atoms with E-state index in [1.54, 1.807) is 0 Å². The number of nitrogens with two attached hydrogens (primary N) is 2. The van der Waals surface area contributed by atoms with E-state index >= 15 is 0 Å². The maximum absolute atomic E-state index is 5.88. The smallest absolute Gasteiger partial charge is 0.0127 e. The third-order valence-corrected chi connectivity index (χ3v) is 2.17. The molecule has 0 heterocycles. The van der Waals surface area contributed by atoms with E-state index in [-0.39, 0.29) is 5.54 Å². The van der Waals surface area contributed by atoms with Crippen molar-refractivity contribution in [3.05, 3.63) is 0 Å². The summed E-state index contributed by atoms with van der Waals surface area (Å²) in [7, 11) is 0. The van der Waals surface area contributed by atoms with Crippen molar-refractivity contribution in [2.24, 2.45) is 11.5 Å². The Hall–Kier alpha value is -0.0800. The van der Waals surface area contributed by atoms with Gasteiger partial charge in [-0.3, -0.25) is 0 Å². The van der Waals surface area contributed by atoms with Crippen LogP contribution in [-0.2, 0) is 0 Å². The summed E-state index contributed by atoms with van der Waals surface area (Å²) in [6.45, 7) is 2.11. The standard InChI is InChI=1S/C7H16N2/c1-7(9)4-2-6(8)3-5-7/h6H,2-5,8-9H2,1H3. The van der Waals surface area contributed by atoms with Crippen LogP contribution in [0.5, 0.6) is 0 Å². The van der Waals surface area contributed by atoms with E-state index in [9.17, 15) is 0 Å². The highest BCUT2D eigenvalue weighted by molar-refractivity contribution is 4.86. The summed E-state index contributed by atoms with van der Waals surface area (Å²) in [5.41, 5.74) is 11.7. The van der Waals surface area contributed by atoms with Crippen molar-refractivity contribution in [1.29, 1.82) is 0 Å². The highest BCUT2D eigenvalue weighted by Crippen LogP contribution is 2.23. The Morgan fingerprint density at radius 3 is 2.11 bits per heavy atom. The average Bonchev–Trinajstić information content (AvgIpc) is 1.78. The van der Waals surface area contributed by atoms with Gasteiger partial charge >= 0.3 is 0 Å². The lowest BCUT2D eigenvalue weighted by Gasteiger charge is -2.32. The molecule has 1 rings (SSSR count). The van der Waals surface area contributed by atoms with Gasteiger partial charge in [0, 0.05) is 11.6 Å². The second kappa shape index (κ2) is 2.27. The summed E-state index contributed by atoms with van der Waals surface area (Å²) in [6.07, 6.45) is 4.39. The molecular formula is C7H16N2. The second-order valence-corrected chi connectivity index (χ2v) is 3.49. The van der Waals surface area contributed by atoms with Gasteiger partial charge in [0.25, 0.3) is 0 Å². The summed E-state index contributed by atoms with van der Waals surface area (Å²) in [5, 5.41) is 0. The molecule has 2 heteroatoms. The molecule has 4 N–H and O–H groups in total. The molecule has 0 aromatic rings. The molecule has 0 aromatic heterocycles. The first-order valence-corrected chi connectivity index (χ1v) is 3.65. The van der Waals surface area contributed by atoms with Gasteiger partial charge < -0.3 is 11.5 Å².